The van der Waals surface area contributed by atoms with E-state index >= 15 is 0 Å². The van der Waals surface area contributed by atoms with Crippen LogP contribution in [0.2, 0.25) is 0 Å². The summed E-state index contributed by atoms with van der Waals surface area (Å²) in [6, 6.07) is 14.9. The third kappa shape index (κ3) is 2.41. The quantitative estimate of drug-likeness (QED) is 0.905. The van der Waals surface area contributed by atoms with Crippen molar-refractivity contribution in [3.63, 3.8) is 0 Å². The number of para-hydroxylation sites is 1. The number of nitrogens with one attached hydrogen (secondary N) is 1. The number of urea groups is 1. The third-order valence-electron chi connectivity index (χ3n) is 5.37. The van der Waals surface area contributed by atoms with Crippen LogP contribution in [0.1, 0.15) is 12.0 Å². The summed E-state index contributed by atoms with van der Waals surface area (Å²) in [4.78, 5) is 29.1. The first-order chi connectivity index (χ1) is 12.5. The van der Waals surface area contributed by atoms with Crippen molar-refractivity contribution < 1.29 is 14.3 Å². The molecule has 0 saturated carbocycles. The standard InChI is InChI=1S/C20H21N3O3/c1-22-17-9-4-3-8-16(17)20(18(22)24)10-11-23(13-20)19(25)21-14-6-5-7-15(12-14)26-2/h3-9,12H,10-11,13H2,1-2H3,(H,21,25)/t20-/m1/s1. The van der Waals surface area contributed by atoms with Crippen LogP contribution in [-0.2, 0) is 10.2 Å². The SMILES string of the molecule is COc1cccc(NC(=O)N2CC[C@]3(C2)C(=O)N(C)c2ccccc23)c1. The van der Waals surface area contributed by atoms with E-state index in [0.717, 1.165) is 11.3 Å². The van der Waals surface area contributed by atoms with Gasteiger partial charge in [-0.25, -0.2) is 4.79 Å². The number of ether oxygens (including phenoxy) is 1. The molecule has 3 amide bonds. The van der Waals surface area contributed by atoms with Crippen molar-refractivity contribution in [2.24, 2.45) is 0 Å². The van der Waals surface area contributed by atoms with Gasteiger partial charge in [0, 0.05) is 37.6 Å². The Bertz CT molecular complexity index is 882. The summed E-state index contributed by atoms with van der Waals surface area (Å²) in [5, 5.41) is 2.90. The Morgan fingerprint density at radius 1 is 1.19 bits per heavy atom. The minimum absolute atomic E-state index is 0.0652. The summed E-state index contributed by atoms with van der Waals surface area (Å²) in [7, 11) is 3.39. The highest BCUT2D eigenvalue weighted by atomic mass is 16.5. The fraction of sp³-hybridized carbons (Fsp3) is 0.300. The van der Waals surface area contributed by atoms with Crippen LogP contribution in [0, 0.1) is 0 Å². The first-order valence-electron chi connectivity index (χ1n) is 8.63. The van der Waals surface area contributed by atoms with E-state index in [2.05, 4.69) is 5.32 Å². The van der Waals surface area contributed by atoms with Crippen LogP contribution < -0.4 is 15.0 Å². The maximum Gasteiger partial charge on any atom is 0.321 e. The van der Waals surface area contributed by atoms with Gasteiger partial charge < -0.3 is 19.9 Å². The van der Waals surface area contributed by atoms with Crippen molar-refractivity contribution in [1.29, 1.82) is 0 Å². The van der Waals surface area contributed by atoms with Gasteiger partial charge in [-0.2, -0.15) is 0 Å². The van der Waals surface area contributed by atoms with Crippen LogP contribution in [0.15, 0.2) is 48.5 Å². The zero-order valence-electron chi connectivity index (χ0n) is 14.9. The van der Waals surface area contributed by atoms with E-state index in [1.807, 2.05) is 42.5 Å². The molecular weight excluding hydrogens is 330 g/mol. The molecule has 1 atom stereocenters. The Morgan fingerprint density at radius 2 is 2.00 bits per heavy atom. The monoisotopic (exact) mass is 351 g/mol. The average molecular weight is 351 g/mol. The van der Waals surface area contributed by atoms with Crippen LogP contribution >= 0.6 is 0 Å². The van der Waals surface area contributed by atoms with Crippen LogP contribution in [0.25, 0.3) is 0 Å². The van der Waals surface area contributed by atoms with E-state index in [0.29, 0.717) is 30.9 Å². The fourth-order valence-electron chi connectivity index (χ4n) is 4.00. The number of hydrogen-bond acceptors (Lipinski definition) is 3. The molecule has 1 saturated heterocycles. The van der Waals surface area contributed by atoms with Crippen molar-refractivity contribution in [2.45, 2.75) is 11.8 Å². The molecule has 0 unspecified atom stereocenters. The number of methoxy groups -OCH3 is 1. The van der Waals surface area contributed by atoms with E-state index in [1.165, 1.54) is 0 Å². The van der Waals surface area contributed by atoms with E-state index in [1.54, 1.807) is 30.0 Å². The first-order valence-corrected chi connectivity index (χ1v) is 8.63. The molecule has 2 heterocycles. The van der Waals surface area contributed by atoms with Crippen molar-refractivity contribution >= 4 is 23.3 Å². The number of fused-ring (bicyclic) bond motifs is 2. The van der Waals surface area contributed by atoms with Crippen molar-refractivity contribution in [3.05, 3.63) is 54.1 Å². The topological polar surface area (TPSA) is 61.9 Å². The fourth-order valence-corrected chi connectivity index (χ4v) is 4.00. The van der Waals surface area contributed by atoms with E-state index in [4.69, 9.17) is 4.74 Å². The molecule has 2 aromatic rings. The number of benzene rings is 2. The lowest BCUT2D eigenvalue weighted by molar-refractivity contribution is -0.122. The second-order valence-corrected chi connectivity index (χ2v) is 6.80. The molecule has 0 bridgehead atoms. The lowest BCUT2D eigenvalue weighted by Gasteiger charge is -2.23. The number of rotatable bonds is 2. The van der Waals surface area contributed by atoms with Crippen LogP contribution in [0.4, 0.5) is 16.2 Å². The van der Waals surface area contributed by atoms with E-state index < -0.39 is 5.41 Å². The largest absolute Gasteiger partial charge is 0.497 e. The molecule has 134 valence electrons. The molecular formula is C20H21N3O3. The minimum Gasteiger partial charge on any atom is -0.497 e. The summed E-state index contributed by atoms with van der Waals surface area (Å²) < 4.78 is 5.19. The minimum atomic E-state index is -0.628. The molecule has 0 aromatic heterocycles. The van der Waals surface area contributed by atoms with Gasteiger partial charge in [0.15, 0.2) is 0 Å². The van der Waals surface area contributed by atoms with E-state index in [9.17, 15) is 9.59 Å². The maximum atomic E-state index is 12.9. The predicted molar refractivity (Wildman–Crippen MR) is 99.7 cm³/mol. The number of nitrogens with zero attached hydrogens (tertiary/aromatic N) is 2. The van der Waals surface area contributed by atoms with E-state index in [-0.39, 0.29) is 11.9 Å². The molecule has 2 aromatic carbocycles. The Morgan fingerprint density at radius 3 is 2.81 bits per heavy atom. The highest BCUT2D eigenvalue weighted by Gasteiger charge is 2.54. The molecule has 1 N–H and O–H groups in total. The summed E-state index contributed by atoms with van der Waals surface area (Å²) in [5.41, 5.74) is 2.00. The number of likely N-dealkylation sites (N-methyl/N-ethyl adjacent to an activating group) is 1. The molecule has 2 aliphatic heterocycles. The molecule has 2 aliphatic rings. The number of carbonyl (C=O) groups excluding carboxylic acids is 2. The van der Waals surface area contributed by atoms with Gasteiger partial charge in [-0.15, -0.1) is 0 Å². The Labute approximate surface area is 152 Å². The summed E-state index contributed by atoms with van der Waals surface area (Å²) in [6.45, 7) is 0.937. The Kier molecular flexibility index (Phi) is 3.83. The van der Waals surface area contributed by atoms with Crippen molar-refractivity contribution in [1.82, 2.24) is 4.90 Å². The molecule has 26 heavy (non-hydrogen) atoms. The molecule has 6 heteroatoms. The highest BCUT2D eigenvalue weighted by molar-refractivity contribution is 6.08. The highest BCUT2D eigenvalue weighted by Crippen LogP contribution is 2.46. The third-order valence-corrected chi connectivity index (χ3v) is 5.37. The lowest BCUT2D eigenvalue weighted by Crippen LogP contribution is -2.42. The molecule has 6 nitrogen and oxygen atoms in total. The summed E-state index contributed by atoms with van der Waals surface area (Å²) in [6.07, 6.45) is 0.638. The molecule has 4 rings (SSSR count). The number of hydrogen-bond donors (Lipinski definition) is 1. The van der Waals surface area contributed by atoms with Crippen LogP contribution in [-0.4, -0.2) is 44.1 Å². The van der Waals surface area contributed by atoms with Crippen LogP contribution in [0.5, 0.6) is 5.75 Å². The average Bonchev–Trinajstić information content (AvgIpc) is 3.20. The number of anilines is 2. The lowest BCUT2D eigenvalue weighted by atomic mass is 9.81. The summed E-state index contributed by atoms with van der Waals surface area (Å²) >= 11 is 0. The normalized spacial score (nSPS) is 21.2. The molecule has 0 radical (unpaired) electrons. The molecule has 0 aliphatic carbocycles. The first kappa shape index (κ1) is 16.4. The van der Waals surface area contributed by atoms with Crippen LogP contribution in [0.3, 0.4) is 0 Å². The zero-order valence-corrected chi connectivity index (χ0v) is 14.9. The van der Waals surface area contributed by atoms with Gasteiger partial charge in [-0.3, -0.25) is 4.79 Å². The van der Waals surface area contributed by atoms with Crippen molar-refractivity contribution in [2.75, 3.05) is 37.5 Å². The second kappa shape index (κ2) is 6.05. The van der Waals surface area contributed by atoms with Crippen molar-refractivity contribution in [3.8, 4) is 5.75 Å². The zero-order chi connectivity index (χ0) is 18.3. The molecule has 1 fully saturated rings. The van der Waals surface area contributed by atoms with Gasteiger partial charge in [0.25, 0.3) is 0 Å². The molecule has 1 spiro atoms. The number of amides is 3. The van der Waals surface area contributed by atoms with Gasteiger partial charge in [0.05, 0.1) is 12.5 Å². The Hall–Kier alpha value is -3.02. The number of carbonyl (C=O) groups is 2. The smallest absolute Gasteiger partial charge is 0.321 e. The number of likely N-dealkylation sites (tertiary alicyclic amines) is 1. The van der Waals surface area contributed by atoms with Gasteiger partial charge in [-0.05, 0) is 30.2 Å². The summed E-state index contributed by atoms with van der Waals surface area (Å²) in [5.74, 6) is 0.748. The van der Waals surface area contributed by atoms with Gasteiger partial charge >= 0.3 is 6.03 Å². The second-order valence-electron chi connectivity index (χ2n) is 6.80. The Balaban J connectivity index is 1.55. The van der Waals surface area contributed by atoms with Gasteiger partial charge in [0.1, 0.15) is 5.75 Å². The van der Waals surface area contributed by atoms with Gasteiger partial charge in [-0.1, -0.05) is 24.3 Å². The maximum absolute atomic E-state index is 12.9. The van der Waals surface area contributed by atoms with Gasteiger partial charge in [0.2, 0.25) is 5.91 Å². The predicted octanol–water partition coefficient (Wildman–Crippen LogP) is 2.85.